The molecule has 1 atom stereocenters. The number of aliphatic hydroxyl groups is 1. The minimum atomic E-state index is -0.663. The van der Waals surface area contributed by atoms with Crippen molar-refractivity contribution in [3.05, 3.63) is 29.8 Å². The summed E-state index contributed by atoms with van der Waals surface area (Å²) < 4.78 is 5.17. The second kappa shape index (κ2) is 11.2. The summed E-state index contributed by atoms with van der Waals surface area (Å²) in [4.78, 5) is 23.5. The molecule has 0 aromatic heterocycles. The van der Waals surface area contributed by atoms with E-state index in [1.165, 1.54) is 0 Å². The number of methoxy groups -OCH3 is 1. The number of benzene rings is 1. The number of guanidine groups is 1. The van der Waals surface area contributed by atoms with Crippen LogP contribution in [-0.2, 0) is 4.79 Å². The standard InChI is InChI=1S/C22H35N5O3/c1-3-23-22(24-16-20(28)18-6-8-19(30-2)9-7-18)27-14-12-25(13-15-27)17-21(29)26-10-4-5-11-26/h6-9,20,28H,3-5,10-17H2,1-2H3,(H,23,24). The summed E-state index contributed by atoms with van der Waals surface area (Å²) in [6, 6.07) is 7.41. The third kappa shape index (κ3) is 6.09. The second-order valence-electron chi connectivity index (χ2n) is 7.83. The van der Waals surface area contributed by atoms with Gasteiger partial charge < -0.3 is 25.0 Å². The number of hydrogen-bond acceptors (Lipinski definition) is 5. The number of nitrogens with one attached hydrogen (secondary N) is 1. The van der Waals surface area contributed by atoms with Gasteiger partial charge in [-0.3, -0.25) is 14.7 Å². The predicted octanol–water partition coefficient (Wildman–Crippen LogP) is 0.934. The fourth-order valence-corrected chi connectivity index (χ4v) is 3.91. The topological polar surface area (TPSA) is 80.6 Å². The van der Waals surface area contributed by atoms with Crippen LogP contribution in [0.3, 0.4) is 0 Å². The van der Waals surface area contributed by atoms with Crippen molar-refractivity contribution in [2.45, 2.75) is 25.9 Å². The van der Waals surface area contributed by atoms with E-state index in [2.05, 4.69) is 20.1 Å². The molecule has 1 aromatic carbocycles. The van der Waals surface area contributed by atoms with Gasteiger partial charge in [-0.2, -0.15) is 0 Å². The van der Waals surface area contributed by atoms with Crippen molar-refractivity contribution in [1.29, 1.82) is 0 Å². The van der Waals surface area contributed by atoms with E-state index in [-0.39, 0.29) is 5.91 Å². The molecule has 8 heteroatoms. The number of amides is 1. The van der Waals surface area contributed by atoms with E-state index in [4.69, 9.17) is 4.74 Å². The molecule has 0 spiro atoms. The average molecular weight is 418 g/mol. The quantitative estimate of drug-likeness (QED) is 0.508. The molecule has 1 unspecified atom stereocenters. The Hall–Kier alpha value is -2.32. The van der Waals surface area contributed by atoms with E-state index < -0.39 is 6.10 Å². The van der Waals surface area contributed by atoms with Crippen LogP contribution < -0.4 is 10.1 Å². The summed E-state index contributed by atoms with van der Waals surface area (Å²) in [6.45, 7) is 8.75. The molecule has 2 aliphatic rings. The number of ether oxygens (including phenoxy) is 1. The molecule has 8 nitrogen and oxygen atoms in total. The lowest BCUT2D eigenvalue weighted by atomic mass is 10.1. The number of rotatable bonds is 7. The molecule has 166 valence electrons. The molecule has 2 N–H and O–H groups in total. The Labute approximate surface area is 179 Å². The molecular weight excluding hydrogens is 382 g/mol. The van der Waals surface area contributed by atoms with Gasteiger partial charge in [0.1, 0.15) is 5.75 Å². The Kier molecular flexibility index (Phi) is 8.33. The van der Waals surface area contributed by atoms with Gasteiger partial charge in [0.25, 0.3) is 0 Å². The van der Waals surface area contributed by atoms with Gasteiger partial charge in [0.05, 0.1) is 26.3 Å². The van der Waals surface area contributed by atoms with Gasteiger partial charge in [-0.05, 0) is 37.5 Å². The monoisotopic (exact) mass is 417 g/mol. The van der Waals surface area contributed by atoms with Crippen molar-refractivity contribution >= 4 is 11.9 Å². The smallest absolute Gasteiger partial charge is 0.236 e. The number of hydrogen-bond donors (Lipinski definition) is 2. The lowest BCUT2D eigenvalue weighted by Crippen LogP contribution is -2.54. The summed E-state index contributed by atoms with van der Waals surface area (Å²) in [5.74, 6) is 1.84. The summed E-state index contributed by atoms with van der Waals surface area (Å²) in [6.07, 6.45) is 1.60. The number of aliphatic hydroxyl groups excluding tert-OH is 1. The van der Waals surface area contributed by atoms with E-state index in [1.807, 2.05) is 36.1 Å². The minimum Gasteiger partial charge on any atom is -0.497 e. The highest BCUT2D eigenvalue weighted by molar-refractivity contribution is 5.80. The first-order valence-electron chi connectivity index (χ1n) is 11.0. The number of likely N-dealkylation sites (tertiary alicyclic amines) is 1. The van der Waals surface area contributed by atoms with Crippen LogP contribution in [0.5, 0.6) is 5.75 Å². The fourth-order valence-electron chi connectivity index (χ4n) is 3.91. The van der Waals surface area contributed by atoms with Crippen LogP contribution in [0.4, 0.5) is 0 Å². The number of nitrogens with zero attached hydrogens (tertiary/aromatic N) is 4. The maximum Gasteiger partial charge on any atom is 0.236 e. The highest BCUT2D eigenvalue weighted by atomic mass is 16.5. The van der Waals surface area contributed by atoms with Gasteiger partial charge in [-0.25, -0.2) is 0 Å². The van der Waals surface area contributed by atoms with Gasteiger partial charge >= 0.3 is 0 Å². The van der Waals surface area contributed by atoms with Crippen molar-refractivity contribution in [1.82, 2.24) is 20.0 Å². The molecule has 2 aliphatic heterocycles. The van der Waals surface area contributed by atoms with Gasteiger partial charge in [0.15, 0.2) is 5.96 Å². The molecule has 0 radical (unpaired) electrons. The normalized spacial score (nSPS) is 19.1. The summed E-state index contributed by atoms with van der Waals surface area (Å²) in [5.41, 5.74) is 0.820. The highest BCUT2D eigenvalue weighted by Crippen LogP contribution is 2.18. The van der Waals surface area contributed by atoms with Crippen LogP contribution in [0.15, 0.2) is 29.3 Å². The fraction of sp³-hybridized carbons (Fsp3) is 0.636. The van der Waals surface area contributed by atoms with E-state index in [0.717, 1.165) is 75.9 Å². The Bertz CT molecular complexity index is 695. The number of piperazine rings is 1. The molecular formula is C22H35N5O3. The number of carbonyl (C=O) groups excluding carboxylic acids is 1. The third-order valence-corrected chi connectivity index (χ3v) is 5.74. The molecule has 2 heterocycles. The SMILES string of the molecule is CCNC(=NCC(O)c1ccc(OC)cc1)N1CCN(CC(=O)N2CCCC2)CC1. The second-order valence-corrected chi connectivity index (χ2v) is 7.83. The van der Waals surface area contributed by atoms with Crippen LogP contribution in [-0.4, -0.2) is 97.7 Å². The van der Waals surface area contributed by atoms with Crippen molar-refractivity contribution in [2.24, 2.45) is 4.99 Å². The number of aliphatic imine (C=N–C) groups is 1. The molecule has 1 aromatic rings. The first kappa shape index (κ1) is 22.4. The molecule has 0 saturated carbocycles. The average Bonchev–Trinajstić information content (AvgIpc) is 3.32. The Morgan fingerprint density at radius 2 is 1.77 bits per heavy atom. The molecule has 3 rings (SSSR count). The van der Waals surface area contributed by atoms with Crippen LogP contribution in [0.1, 0.15) is 31.4 Å². The van der Waals surface area contributed by atoms with Crippen molar-refractivity contribution in [3.8, 4) is 5.75 Å². The predicted molar refractivity (Wildman–Crippen MR) is 118 cm³/mol. The first-order chi connectivity index (χ1) is 14.6. The first-order valence-corrected chi connectivity index (χ1v) is 11.0. The van der Waals surface area contributed by atoms with Crippen LogP contribution >= 0.6 is 0 Å². The molecule has 30 heavy (non-hydrogen) atoms. The van der Waals surface area contributed by atoms with Crippen LogP contribution in [0.25, 0.3) is 0 Å². The van der Waals surface area contributed by atoms with Gasteiger partial charge in [-0.15, -0.1) is 0 Å². The van der Waals surface area contributed by atoms with Crippen LogP contribution in [0, 0.1) is 0 Å². The maximum atomic E-state index is 12.4. The third-order valence-electron chi connectivity index (χ3n) is 5.74. The summed E-state index contributed by atoms with van der Waals surface area (Å²) in [7, 11) is 1.63. The summed E-state index contributed by atoms with van der Waals surface area (Å²) >= 11 is 0. The van der Waals surface area contributed by atoms with Gasteiger partial charge in [0.2, 0.25) is 5.91 Å². The van der Waals surface area contributed by atoms with Gasteiger partial charge in [0, 0.05) is 45.8 Å². The van der Waals surface area contributed by atoms with E-state index in [9.17, 15) is 9.90 Å². The molecule has 2 saturated heterocycles. The maximum absolute atomic E-state index is 12.4. The lowest BCUT2D eigenvalue weighted by molar-refractivity contribution is -0.131. The van der Waals surface area contributed by atoms with Crippen molar-refractivity contribution in [3.63, 3.8) is 0 Å². The van der Waals surface area contributed by atoms with Crippen LogP contribution in [0.2, 0.25) is 0 Å². The molecule has 1 amide bonds. The highest BCUT2D eigenvalue weighted by Gasteiger charge is 2.24. The molecule has 0 bridgehead atoms. The van der Waals surface area contributed by atoms with E-state index >= 15 is 0 Å². The van der Waals surface area contributed by atoms with Gasteiger partial charge in [-0.1, -0.05) is 12.1 Å². The zero-order chi connectivity index (χ0) is 21.3. The Morgan fingerprint density at radius 3 is 2.37 bits per heavy atom. The summed E-state index contributed by atoms with van der Waals surface area (Å²) in [5, 5.41) is 13.8. The van der Waals surface area contributed by atoms with E-state index in [0.29, 0.717) is 13.1 Å². The largest absolute Gasteiger partial charge is 0.497 e. The molecule has 2 fully saturated rings. The van der Waals surface area contributed by atoms with Crippen molar-refractivity contribution in [2.75, 3.05) is 66.0 Å². The molecule has 0 aliphatic carbocycles. The lowest BCUT2D eigenvalue weighted by Gasteiger charge is -2.36. The van der Waals surface area contributed by atoms with Crippen molar-refractivity contribution < 1.29 is 14.6 Å². The van der Waals surface area contributed by atoms with E-state index in [1.54, 1.807) is 7.11 Å². The zero-order valence-electron chi connectivity index (χ0n) is 18.2. The zero-order valence-corrected chi connectivity index (χ0v) is 18.2. The Balaban J connectivity index is 1.51. The Morgan fingerprint density at radius 1 is 1.10 bits per heavy atom. The minimum absolute atomic E-state index is 0.254. The number of carbonyl (C=O) groups is 1.